The Morgan fingerprint density at radius 1 is 1.47 bits per heavy atom. The molecular formula is C11H19BrN2O3S2. The number of sulfonamides is 1. The summed E-state index contributed by atoms with van der Waals surface area (Å²) in [5.74, 6) is 0. The van der Waals surface area contributed by atoms with E-state index in [0.717, 1.165) is 4.88 Å². The van der Waals surface area contributed by atoms with E-state index in [1.165, 1.54) is 11.3 Å². The van der Waals surface area contributed by atoms with Crippen molar-refractivity contribution in [1.29, 1.82) is 0 Å². The van der Waals surface area contributed by atoms with Crippen molar-refractivity contribution in [2.24, 2.45) is 0 Å². The third kappa shape index (κ3) is 4.80. The van der Waals surface area contributed by atoms with Crippen molar-refractivity contribution >= 4 is 37.3 Å². The van der Waals surface area contributed by atoms with Crippen LogP contribution in [0, 0.1) is 0 Å². The van der Waals surface area contributed by atoms with Gasteiger partial charge in [-0.1, -0.05) is 0 Å². The highest BCUT2D eigenvalue weighted by Gasteiger charge is 2.28. The van der Waals surface area contributed by atoms with Crippen molar-refractivity contribution in [1.82, 2.24) is 10.0 Å². The summed E-state index contributed by atoms with van der Waals surface area (Å²) in [5.41, 5.74) is -0.655. The molecule has 1 heterocycles. The fourth-order valence-corrected chi connectivity index (χ4v) is 5.75. The van der Waals surface area contributed by atoms with Crippen LogP contribution in [0.1, 0.15) is 18.7 Å². The van der Waals surface area contributed by atoms with E-state index in [1.54, 1.807) is 27.0 Å². The average molecular weight is 371 g/mol. The molecule has 1 rings (SSSR count). The molecule has 0 aromatic carbocycles. The summed E-state index contributed by atoms with van der Waals surface area (Å²) >= 11 is 4.72. The summed E-state index contributed by atoms with van der Waals surface area (Å²) in [4.78, 5) is 1.23. The van der Waals surface area contributed by atoms with Crippen LogP contribution in [0.4, 0.5) is 0 Å². The summed E-state index contributed by atoms with van der Waals surface area (Å²) in [6.07, 6.45) is 0. The van der Waals surface area contributed by atoms with E-state index >= 15 is 0 Å². The zero-order chi connectivity index (χ0) is 14.7. The number of nitrogens with one attached hydrogen (secondary N) is 2. The number of ether oxygens (including phenoxy) is 1. The predicted molar refractivity (Wildman–Crippen MR) is 81.1 cm³/mol. The molecule has 0 atom stereocenters. The number of hydrogen-bond acceptors (Lipinski definition) is 5. The Labute approximate surface area is 126 Å². The smallest absolute Gasteiger partial charge is 0.243 e. The van der Waals surface area contributed by atoms with Gasteiger partial charge in [-0.3, -0.25) is 0 Å². The Balaban J connectivity index is 3.00. The van der Waals surface area contributed by atoms with Crippen LogP contribution in [0.3, 0.4) is 0 Å². The van der Waals surface area contributed by atoms with Crippen LogP contribution in [0.5, 0.6) is 0 Å². The predicted octanol–water partition coefficient (Wildman–Crippen LogP) is 1.93. The van der Waals surface area contributed by atoms with E-state index in [4.69, 9.17) is 4.74 Å². The second kappa shape index (κ2) is 6.64. The number of rotatable bonds is 7. The minimum absolute atomic E-state index is 0.270. The van der Waals surface area contributed by atoms with Gasteiger partial charge in [-0.2, -0.15) is 0 Å². The quantitative estimate of drug-likeness (QED) is 0.769. The molecular weight excluding hydrogens is 352 g/mol. The lowest BCUT2D eigenvalue weighted by Crippen LogP contribution is -2.46. The average Bonchev–Trinajstić information content (AvgIpc) is 2.59. The van der Waals surface area contributed by atoms with Crippen LogP contribution in [-0.2, 0) is 21.3 Å². The van der Waals surface area contributed by atoms with Crippen LogP contribution in [0.15, 0.2) is 14.7 Å². The SMILES string of the molecule is CNCc1cc(S(=O)(=O)NC(C)(C)COC)c(Br)s1. The Kier molecular flexibility index (Phi) is 5.96. The summed E-state index contributed by atoms with van der Waals surface area (Å²) in [6, 6.07) is 1.68. The van der Waals surface area contributed by atoms with Gasteiger partial charge in [0.05, 0.1) is 15.9 Å². The number of hydrogen-bond donors (Lipinski definition) is 2. The Morgan fingerprint density at radius 3 is 2.63 bits per heavy atom. The molecule has 1 aromatic rings. The maximum atomic E-state index is 12.4. The molecule has 0 unspecified atom stereocenters. The first-order valence-electron chi connectivity index (χ1n) is 5.67. The molecule has 5 nitrogen and oxygen atoms in total. The molecule has 0 aliphatic rings. The topological polar surface area (TPSA) is 67.4 Å². The van der Waals surface area contributed by atoms with Crippen molar-refractivity contribution in [3.8, 4) is 0 Å². The van der Waals surface area contributed by atoms with E-state index in [9.17, 15) is 8.42 Å². The van der Waals surface area contributed by atoms with Gasteiger partial charge in [-0.05, 0) is 42.9 Å². The maximum Gasteiger partial charge on any atom is 0.243 e. The van der Waals surface area contributed by atoms with E-state index in [2.05, 4.69) is 26.0 Å². The summed E-state index contributed by atoms with van der Waals surface area (Å²) in [5, 5.41) is 3.00. The monoisotopic (exact) mass is 370 g/mol. The highest BCUT2D eigenvalue weighted by atomic mass is 79.9. The van der Waals surface area contributed by atoms with Crippen LogP contribution in [0.25, 0.3) is 0 Å². The van der Waals surface area contributed by atoms with Gasteiger partial charge in [0.1, 0.15) is 4.90 Å². The molecule has 0 aliphatic heterocycles. The van der Waals surface area contributed by atoms with E-state index in [1.807, 2.05) is 7.05 Å². The van der Waals surface area contributed by atoms with Crippen molar-refractivity contribution in [3.63, 3.8) is 0 Å². The van der Waals surface area contributed by atoms with Crippen molar-refractivity contribution < 1.29 is 13.2 Å². The lowest BCUT2D eigenvalue weighted by molar-refractivity contribution is 0.141. The van der Waals surface area contributed by atoms with Crippen molar-refractivity contribution in [3.05, 3.63) is 14.7 Å². The van der Waals surface area contributed by atoms with Crippen LogP contribution < -0.4 is 10.0 Å². The van der Waals surface area contributed by atoms with E-state index in [0.29, 0.717) is 16.9 Å². The fourth-order valence-electron chi connectivity index (χ4n) is 1.65. The van der Waals surface area contributed by atoms with Gasteiger partial charge in [0.15, 0.2) is 0 Å². The lowest BCUT2D eigenvalue weighted by atomic mass is 10.1. The van der Waals surface area contributed by atoms with Crippen LogP contribution in [-0.4, -0.2) is 34.7 Å². The molecule has 0 bridgehead atoms. The number of halogens is 1. The highest BCUT2D eigenvalue weighted by Crippen LogP contribution is 2.32. The van der Waals surface area contributed by atoms with Crippen LogP contribution >= 0.6 is 27.3 Å². The maximum absolute atomic E-state index is 12.4. The largest absolute Gasteiger partial charge is 0.383 e. The zero-order valence-corrected chi connectivity index (χ0v) is 14.6. The molecule has 0 aliphatic carbocycles. The van der Waals surface area contributed by atoms with Gasteiger partial charge < -0.3 is 10.1 Å². The van der Waals surface area contributed by atoms with E-state index < -0.39 is 15.6 Å². The van der Waals surface area contributed by atoms with Crippen molar-refractivity contribution in [2.75, 3.05) is 20.8 Å². The first-order valence-corrected chi connectivity index (χ1v) is 8.77. The Bertz CT molecular complexity index is 526. The zero-order valence-electron chi connectivity index (χ0n) is 11.4. The van der Waals surface area contributed by atoms with E-state index in [-0.39, 0.29) is 4.90 Å². The second-order valence-corrected chi connectivity index (χ2v) is 8.91. The van der Waals surface area contributed by atoms with Gasteiger partial charge >= 0.3 is 0 Å². The van der Waals surface area contributed by atoms with Gasteiger partial charge in [0.25, 0.3) is 0 Å². The minimum atomic E-state index is -3.56. The Morgan fingerprint density at radius 2 is 2.11 bits per heavy atom. The lowest BCUT2D eigenvalue weighted by Gasteiger charge is -2.24. The van der Waals surface area contributed by atoms with Crippen molar-refractivity contribution in [2.45, 2.75) is 30.8 Å². The second-order valence-electron chi connectivity index (χ2n) is 4.80. The molecule has 0 saturated carbocycles. The third-order valence-electron chi connectivity index (χ3n) is 2.26. The molecule has 110 valence electrons. The number of methoxy groups -OCH3 is 1. The van der Waals surface area contributed by atoms with Gasteiger partial charge in [-0.15, -0.1) is 11.3 Å². The fraction of sp³-hybridized carbons (Fsp3) is 0.636. The molecule has 1 aromatic heterocycles. The number of thiophene rings is 1. The summed E-state index contributed by atoms with van der Waals surface area (Å²) < 4.78 is 33.0. The van der Waals surface area contributed by atoms with Gasteiger partial charge in [0, 0.05) is 18.5 Å². The highest BCUT2D eigenvalue weighted by molar-refractivity contribution is 9.11. The first-order chi connectivity index (χ1) is 8.72. The van der Waals surface area contributed by atoms with Crippen LogP contribution in [0.2, 0.25) is 0 Å². The molecule has 0 radical (unpaired) electrons. The molecule has 8 heteroatoms. The molecule has 2 N–H and O–H groups in total. The first kappa shape index (κ1) is 17.1. The molecule has 0 amide bonds. The summed E-state index contributed by atoms with van der Waals surface area (Å²) in [7, 11) is -0.198. The normalized spacial score (nSPS) is 12.9. The molecule has 0 spiro atoms. The standard InChI is InChI=1S/C11H19BrN2O3S2/c1-11(2,7-17-4)14-19(15,16)9-5-8(6-13-3)18-10(9)12/h5,13-14H,6-7H2,1-4H3. The molecule has 19 heavy (non-hydrogen) atoms. The molecule has 0 fully saturated rings. The van der Waals surface area contributed by atoms with Gasteiger partial charge in [-0.25, -0.2) is 13.1 Å². The third-order valence-corrected chi connectivity index (χ3v) is 6.21. The summed E-state index contributed by atoms with van der Waals surface area (Å²) in [6.45, 7) is 4.50. The minimum Gasteiger partial charge on any atom is -0.383 e. The Hall–Kier alpha value is 0.01000. The van der Waals surface area contributed by atoms with Gasteiger partial charge in [0.2, 0.25) is 10.0 Å². The molecule has 0 saturated heterocycles.